The monoisotopic (exact) mass is 580 g/mol. The largest absolute Gasteiger partial charge is 0.356 e. The molecule has 2 aliphatic rings. The van der Waals surface area contributed by atoms with Crippen LogP contribution in [0.4, 0.5) is 0 Å². The van der Waals surface area contributed by atoms with Crippen LogP contribution in [0.2, 0.25) is 0 Å². The molecule has 3 atom stereocenters. The van der Waals surface area contributed by atoms with E-state index in [2.05, 4.69) is 37.6 Å². The molecule has 4 aromatic rings. The Bertz CT molecular complexity index is 1560. The summed E-state index contributed by atoms with van der Waals surface area (Å²) in [6.07, 6.45) is 8.84. The predicted molar refractivity (Wildman–Crippen MR) is 159 cm³/mol. The fraction of sp³-hybridized carbons (Fsp3) is 0.394. The van der Waals surface area contributed by atoms with Crippen LogP contribution < -0.4 is 10.6 Å². The predicted octanol–water partition coefficient (Wildman–Crippen LogP) is 4.21. The highest BCUT2D eigenvalue weighted by Gasteiger charge is 2.22. The minimum absolute atomic E-state index is 0.132. The standard InChI is InChI=1S/C33H36N6O4/c1-23(42-32-4-2-3-15-41-32)33-35-13-14-39(33)22-29-17-30(43-38-29)27-10-7-24(8-11-27)5-6-25-9-12-28(36-19-25)21-34-18-26-16-31(40)37-20-26/h7-14,17,19,23,26,32,34H,2-4,15-16,18,20-22H2,1H3,(H,37,40)/t23-,26?,32?/m0/s1. The van der Waals surface area contributed by atoms with Gasteiger partial charge in [-0.05, 0) is 68.5 Å². The maximum absolute atomic E-state index is 11.3. The molecule has 222 valence electrons. The van der Waals surface area contributed by atoms with Gasteiger partial charge in [-0.2, -0.15) is 0 Å². The van der Waals surface area contributed by atoms with Crippen molar-refractivity contribution >= 4 is 5.91 Å². The molecule has 6 rings (SSSR count). The average molecular weight is 581 g/mol. The third-order valence-corrected chi connectivity index (χ3v) is 7.64. The van der Waals surface area contributed by atoms with E-state index in [1.807, 2.05) is 60.2 Å². The second kappa shape index (κ2) is 13.8. The van der Waals surface area contributed by atoms with Crippen LogP contribution in [0.5, 0.6) is 0 Å². The van der Waals surface area contributed by atoms with Crippen molar-refractivity contribution in [2.45, 2.75) is 58.1 Å². The molecule has 2 aliphatic heterocycles. The van der Waals surface area contributed by atoms with Gasteiger partial charge in [0, 0.05) is 74.0 Å². The third-order valence-electron chi connectivity index (χ3n) is 7.64. The quantitative estimate of drug-likeness (QED) is 0.268. The normalized spacial score (nSPS) is 19.0. The molecule has 2 unspecified atom stereocenters. The first-order valence-corrected chi connectivity index (χ1v) is 14.9. The Morgan fingerprint density at radius 3 is 2.74 bits per heavy atom. The van der Waals surface area contributed by atoms with Crippen LogP contribution in [-0.2, 0) is 27.4 Å². The number of hydrogen-bond donors (Lipinski definition) is 2. The van der Waals surface area contributed by atoms with Crippen molar-refractivity contribution in [2.24, 2.45) is 5.92 Å². The molecule has 0 bridgehead atoms. The zero-order valence-electron chi connectivity index (χ0n) is 24.3. The summed E-state index contributed by atoms with van der Waals surface area (Å²) in [6, 6.07) is 13.8. The molecule has 5 heterocycles. The van der Waals surface area contributed by atoms with Gasteiger partial charge in [0.2, 0.25) is 5.91 Å². The Kier molecular flexibility index (Phi) is 9.23. The molecule has 2 N–H and O–H groups in total. The Morgan fingerprint density at radius 2 is 1.98 bits per heavy atom. The Labute approximate surface area is 251 Å². The number of imidazole rings is 1. The molecular formula is C33H36N6O4. The maximum atomic E-state index is 11.3. The second-order valence-corrected chi connectivity index (χ2v) is 11.0. The SMILES string of the molecule is C[C@H](OC1CCCCO1)c1nccn1Cc1cc(-c2ccc(C#Cc3ccc(CNCC4CNC(=O)C4)nc3)cc2)on1. The molecule has 10 heteroatoms. The molecule has 0 aliphatic carbocycles. The third kappa shape index (κ3) is 7.76. The first-order valence-electron chi connectivity index (χ1n) is 14.9. The van der Waals surface area contributed by atoms with E-state index in [1.165, 1.54) is 0 Å². The lowest BCUT2D eigenvalue weighted by Crippen LogP contribution is -2.24. The molecule has 0 spiro atoms. The number of hydrogen-bond acceptors (Lipinski definition) is 8. The lowest BCUT2D eigenvalue weighted by atomic mass is 10.1. The highest BCUT2D eigenvalue weighted by molar-refractivity contribution is 5.78. The zero-order chi connectivity index (χ0) is 29.4. The molecule has 2 saturated heterocycles. The molecule has 2 fully saturated rings. The number of carbonyl (C=O) groups is 1. The van der Waals surface area contributed by atoms with Gasteiger partial charge in [0.05, 0.1) is 12.2 Å². The van der Waals surface area contributed by atoms with E-state index in [1.54, 1.807) is 12.4 Å². The number of pyridine rings is 1. The number of aromatic nitrogens is 4. The summed E-state index contributed by atoms with van der Waals surface area (Å²) >= 11 is 0. The number of rotatable bonds is 10. The molecule has 1 amide bonds. The number of ether oxygens (including phenoxy) is 2. The average Bonchev–Trinajstić information content (AvgIpc) is 3.80. The van der Waals surface area contributed by atoms with Crippen molar-refractivity contribution in [3.63, 3.8) is 0 Å². The minimum Gasteiger partial charge on any atom is -0.356 e. The maximum Gasteiger partial charge on any atom is 0.220 e. The molecule has 0 radical (unpaired) electrons. The number of nitrogens with one attached hydrogen (secondary N) is 2. The summed E-state index contributed by atoms with van der Waals surface area (Å²) < 4.78 is 19.5. The Balaban J connectivity index is 1.01. The zero-order valence-corrected chi connectivity index (χ0v) is 24.3. The van der Waals surface area contributed by atoms with Crippen molar-refractivity contribution < 1.29 is 18.8 Å². The smallest absolute Gasteiger partial charge is 0.220 e. The number of carbonyl (C=O) groups excluding carboxylic acids is 1. The van der Waals surface area contributed by atoms with Crippen molar-refractivity contribution in [2.75, 3.05) is 19.7 Å². The summed E-state index contributed by atoms with van der Waals surface area (Å²) in [5, 5.41) is 10.5. The van der Waals surface area contributed by atoms with Crippen molar-refractivity contribution in [1.29, 1.82) is 0 Å². The lowest BCUT2D eigenvalue weighted by Gasteiger charge is -2.26. The lowest BCUT2D eigenvalue weighted by molar-refractivity contribution is -0.188. The van der Waals surface area contributed by atoms with Gasteiger partial charge in [-0.1, -0.05) is 17.0 Å². The highest BCUT2D eigenvalue weighted by Crippen LogP contribution is 2.25. The van der Waals surface area contributed by atoms with Crippen LogP contribution in [0.15, 0.2) is 65.6 Å². The number of nitrogens with zero attached hydrogens (tertiary/aromatic N) is 4. The van der Waals surface area contributed by atoms with Crippen LogP contribution in [-0.4, -0.2) is 51.6 Å². The molecule has 1 aromatic carbocycles. The van der Waals surface area contributed by atoms with E-state index < -0.39 is 0 Å². The fourth-order valence-electron chi connectivity index (χ4n) is 5.30. The van der Waals surface area contributed by atoms with Gasteiger partial charge < -0.3 is 29.2 Å². The van der Waals surface area contributed by atoms with Gasteiger partial charge in [0.1, 0.15) is 17.6 Å². The van der Waals surface area contributed by atoms with Gasteiger partial charge in [-0.3, -0.25) is 9.78 Å². The number of benzene rings is 1. The summed E-state index contributed by atoms with van der Waals surface area (Å²) in [5.41, 5.74) is 4.42. The molecule has 10 nitrogen and oxygen atoms in total. The number of amides is 1. The molecule has 43 heavy (non-hydrogen) atoms. The fourth-order valence-corrected chi connectivity index (χ4v) is 5.30. The van der Waals surface area contributed by atoms with Crippen LogP contribution in [0.1, 0.15) is 67.1 Å². The van der Waals surface area contributed by atoms with Crippen LogP contribution in [0.25, 0.3) is 11.3 Å². The second-order valence-electron chi connectivity index (χ2n) is 11.0. The summed E-state index contributed by atoms with van der Waals surface area (Å²) in [5.74, 6) is 8.39. The van der Waals surface area contributed by atoms with Gasteiger partial charge in [0.15, 0.2) is 12.1 Å². The Hall–Kier alpha value is -4.30. The van der Waals surface area contributed by atoms with E-state index in [4.69, 9.17) is 14.0 Å². The van der Waals surface area contributed by atoms with Crippen molar-refractivity contribution in [3.05, 3.63) is 89.4 Å². The van der Waals surface area contributed by atoms with Crippen LogP contribution in [0.3, 0.4) is 0 Å². The van der Waals surface area contributed by atoms with Crippen LogP contribution in [0, 0.1) is 17.8 Å². The van der Waals surface area contributed by atoms with E-state index >= 15 is 0 Å². The molecule has 3 aromatic heterocycles. The summed E-state index contributed by atoms with van der Waals surface area (Å²) in [4.78, 5) is 20.3. The minimum atomic E-state index is -0.192. The van der Waals surface area contributed by atoms with Gasteiger partial charge in [0.25, 0.3) is 0 Å². The Morgan fingerprint density at radius 1 is 1.12 bits per heavy atom. The van der Waals surface area contributed by atoms with Gasteiger partial charge >= 0.3 is 0 Å². The van der Waals surface area contributed by atoms with E-state index in [0.717, 1.165) is 72.9 Å². The summed E-state index contributed by atoms with van der Waals surface area (Å²) in [7, 11) is 0. The van der Waals surface area contributed by atoms with Crippen molar-refractivity contribution in [1.82, 2.24) is 30.3 Å². The molecule has 0 saturated carbocycles. The highest BCUT2D eigenvalue weighted by atomic mass is 16.7. The van der Waals surface area contributed by atoms with Gasteiger partial charge in [-0.15, -0.1) is 0 Å². The topological polar surface area (TPSA) is 116 Å². The van der Waals surface area contributed by atoms with E-state index in [-0.39, 0.29) is 18.3 Å². The first kappa shape index (κ1) is 28.8. The van der Waals surface area contributed by atoms with E-state index in [0.29, 0.717) is 31.2 Å². The van der Waals surface area contributed by atoms with E-state index in [9.17, 15) is 4.79 Å². The van der Waals surface area contributed by atoms with Crippen LogP contribution >= 0.6 is 0 Å². The molecular weight excluding hydrogens is 544 g/mol. The van der Waals surface area contributed by atoms with Crippen molar-refractivity contribution in [3.8, 4) is 23.2 Å². The first-order chi connectivity index (χ1) is 21.1. The van der Waals surface area contributed by atoms with Gasteiger partial charge in [-0.25, -0.2) is 4.98 Å². The summed E-state index contributed by atoms with van der Waals surface area (Å²) in [6.45, 7) is 5.48.